The summed E-state index contributed by atoms with van der Waals surface area (Å²) in [7, 11) is -7.66. The Bertz CT molecular complexity index is 1060. The number of aliphatic hydroxyl groups excluding tert-OH is 1. The standard InChI is InChI=1S/C18H22N2O5S2/c1-12-3-8-18(13(2)9-12)27(24,25)20(15-6-4-14(19)5-7-15)16-10-26(22,23)11-17(16)21/h3-9,16-17,21H,10-11,19H2,1-2H3/t16-,17-/m1/s1. The van der Waals surface area contributed by atoms with Crippen LogP contribution in [0.4, 0.5) is 11.4 Å². The minimum absolute atomic E-state index is 0.0708. The van der Waals surface area contributed by atoms with Gasteiger partial charge in [0, 0.05) is 5.69 Å². The minimum Gasteiger partial charge on any atom is -0.399 e. The highest BCUT2D eigenvalue weighted by Crippen LogP contribution is 2.32. The summed E-state index contributed by atoms with van der Waals surface area (Å²) >= 11 is 0. The van der Waals surface area contributed by atoms with Crippen molar-refractivity contribution in [2.24, 2.45) is 0 Å². The molecule has 2 aromatic carbocycles. The van der Waals surface area contributed by atoms with E-state index >= 15 is 0 Å². The fourth-order valence-corrected chi connectivity index (χ4v) is 7.11. The van der Waals surface area contributed by atoms with Crippen molar-refractivity contribution in [2.75, 3.05) is 21.5 Å². The van der Waals surface area contributed by atoms with Crippen LogP contribution in [-0.2, 0) is 19.9 Å². The summed E-state index contributed by atoms with van der Waals surface area (Å²) in [5, 5.41) is 10.3. The Morgan fingerprint density at radius 1 is 1.07 bits per heavy atom. The van der Waals surface area contributed by atoms with Crippen LogP contribution in [0.5, 0.6) is 0 Å². The maximum absolute atomic E-state index is 13.5. The molecule has 27 heavy (non-hydrogen) atoms. The second kappa shape index (κ2) is 6.81. The number of sulfonamides is 1. The van der Waals surface area contributed by atoms with Gasteiger partial charge < -0.3 is 10.8 Å². The molecule has 2 atom stereocenters. The fraction of sp³-hybridized carbons (Fsp3) is 0.333. The first kappa shape index (κ1) is 19.7. The zero-order valence-corrected chi connectivity index (χ0v) is 16.7. The highest BCUT2D eigenvalue weighted by molar-refractivity contribution is 7.93. The van der Waals surface area contributed by atoms with Crippen molar-refractivity contribution >= 4 is 31.2 Å². The van der Waals surface area contributed by atoms with E-state index in [4.69, 9.17) is 5.73 Å². The summed E-state index contributed by atoms with van der Waals surface area (Å²) < 4.78 is 52.0. The topological polar surface area (TPSA) is 118 Å². The molecule has 0 unspecified atom stereocenters. The third kappa shape index (κ3) is 3.80. The SMILES string of the molecule is Cc1ccc(S(=O)(=O)N(c2ccc(N)cc2)[C@@H]2CS(=O)(=O)C[C@H]2O)c(C)c1. The lowest BCUT2D eigenvalue weighted by Gasteiger charge is -2.32. The lowest BCUT2D eigenvalue weighted by atomic mass is 10.2. The van der Waals surface area contributed by atoms with Gasteiger partial charge in [0.05, 0.1) is 34.2 Å². The number of rotatable bonds is 4. The predicted molar refractivity (Wildman–Crippen MR) is 105 cm³/mol. The number of benzene rings is 2. The first-order chi connectivity index (χ1) is 12.5. The highest BCUT2D eigenvalue weighted by atomic mass is 32.2. The number of nitrogens with zero attached hydrogens (tertiary/aromatic N) is 1. The van der Waals surface area contributed by atoms with Crippen molar-refractivity contribution in [1.82, 2.24) is 0 Å². The molecule has 0 aliphatic carbocycles. The Labute approximate surface area is 159 Å². The van der Waals surface area contributed by atoms with Crippen molar-refractivity contribution in [3.05, 3.63) is 53.6 Å². The highest BCUT2D eigenvalue weighted by Gasteiger charge is 2.45. The first-order valence-electron chi connectivity index (χ1n) is 8.37. The molecule has 1 fully saturated rings. The molecular weight excluding hydrogens is 388 g/mol. The molecule has 0 spiro atoms. The van der Waals surface area contributed by atoms with E-state index in [2.05, 4.69) is 0 Å². The zero-order chi connectivity index (χ0) is 20.0. The van der Waals surface area contributed by atoms with Crippen molar-refractivity contribution in [3.8, 4) is 0 Å². The molecule has 0 amide bonds. The molecule has 3 N–H and O–H groups in total. The van der Waals surface area contributed by atoms with E-state index in [-0.39, 0.29) is 10.6 Å². The lowest BCUT2D eigenvalue weighted by molar-refractivity contribution is 0.184. The van der Waals surface area contributed by atoms with Gasteiger partial charge in [0.15, 0.2) is 9.84 Å². The molecule has 7 nitrogen and oxygen atoms in total. The molecule has 1 aliphatic rings. The van der Waals surface area contributed by atoms with E-state index < -0.39 is 43.5 Å². The number of sulfone groups is 1. The molecule has 0 bridgehead atoms. The number of hydrogen-bond acceptors (Lipinski definition) is 6. The van der Waals surface area contributed by atoms with Gasteiger partial charge in [-0.25, -0.2) is 16.8 Å². The molecule has 0 saturated carbocycles. The third-order valence-corrected chi connectivity index (χ3v) is 8.32. The van der Waals surface area contributed by atoms with Gasteiger partial charge in [-0.3, -0.25) is 4.31 Å². The maximum Gasteiger partial charge on any atom is 0.264 e. The van der Waals surface area contributed by atoms with Crippen LogP contribution in [0.25, 0.3) is 0 Å². The van der Waals surface area contributed by atoms with Crippen LogP contribution in [0.1, 0.15) is 11.1 Å². The largest absolute Gasteiger partial charge is 0.399 e. The summed E-state index contributed by atoms with van der Waals surface area (Å²) in [5.74, 6) is -0.909. The van der Waals surface area contributed by atoms with Crippen LogP contribution in [-0.4, -0.2) is 45.6 Å². The van der Waals surface area contributed by atoms with Crippen LogP contribution in [0, 0.1) is 13.8 Å². The summed E-state index contributed by atoms with van der Waals surface area (Å²) in [5.41, 5.74) is 7.86. The van der Waals surface area contributed by atoms with Gasteiger partial charge in [0.25, 0.3) is 10.0 Å². The molecular formula is C18H22N2O5S2. The van der Waals surface area contributed by atoms with Gasteiger partial charge >= 0.3 is 0 Å². The van der Waals surface area contributed by atoms with Gasteiger partial charge in [0.1, 0.15) is 0 Å². The number of nitrogen functional groups attached to an aromatic ring is 1. The van der Waals surface area contributed by atoms with E-state index in [1.54, 1.807) is 19.1 Å². The molecule has 0 radical (unpaired) electrons. The van der Waals surface area contributed by atoms with E-state index in [1.807, 2.05) is 6.92 Å². The number of anilines is 2. The van der Waals surface area contributed by atoms with Crippen LogP contribution >= 0.6 is 0 Å². The Hall–Kier alpha value is -2.10. The van der Waals surface area contributed by atoms with Crippen molar-refractivity contribution in [2.45, 2.75) is 30.9 Å². The molecule has 3 rings (SSSR count). The predicted octanol–water partition coefficient (Wildman–Crippen LogP) is 1.24. The monoisotopic (exact) mass is 410 g/mol. The molecule has 1 aliphatic heterocycles. The Balaban J connectivity index is 2.19. The van der Waals surface area contributed by atoms with Gasteiger partial charge in [-0.15, -0.1) is 0 Å². The smallest absolute Gasteiger partial charge is 0.264 e. The van der Waals surface area contributed by atoms with E-state index in [9.17, 15) is 21.9 Å². The molecule has 146 valence electrons. The van der Waals surface area contributed by atoms with Gasteiger partial charge in [0.2, 0.25) is 0 Å². The number of hydrogen-bond donors (Lipinski definition) is 2. The summed E-state index contributed by atoms with van der Waals surface area (Å²) in [6.07, 6.45) is -1.31. The normalized spacial score (nSPS) is 21.9. The summed E-state index contributed by atoms with van der Waals surface area (Å²) in [6.45, 7) is 3.54. The maximum atomic E-state index is 13.5. The van der Waals surface area contributed by atoms with Crippen molar-refractivity contribution in [3.63, 3.8) is 0 Å². The molecule has 1 heterocycles. The van der Waals surface area contributed by atoms with Crippen molar-refractivity contribution in [1.29, 1.82) is 0 Å². The average Bonchev–Trinajstić information content (AvgIpc) is 2.81. The van der Waals surface area contributed by atoms with Gasteiger partial charge in [-0.1, -0.05) is 17.7 Å². The Morgan fingerprint density at radius 2 is 1.70 bits per heavy atom. The molecule has 9 heteroatoms. The average molecular weight is 411 g/mol. The zero-order valence-electron chi connectivity index (χ0n) is 15.0. The fourth-order valence-electron chi connectivity index (χ4n) is 3.36. The van der Waals surface area contributed by atoms with Crippen LogP contribution < -0.4 is 10.0 Å². The lowest BCUT2D eigenvalue weighted by Crippen LogP contribution is -2.47. The quantitative estimate of drug-likeness (QED) is 0.732. The number of aliphatic hydroxyl groups is 1. The number of aryl methyl sites for hydroxylation is 2. The van der Waals surface area contributed by atoms with Crippen LogP contribution in [0.3, 0.4) is 0 Å². The second-order valence-electron chi connectivity index (χ2n) is 6.87. The minimum atomic E-state index is -4.11. The summed E-state index contributed by atoms with van der Waals surface area (Å²) in [6, 6.07) is 9.91. The Kier molecular flexibility index (Phi) is 4.96. The van der Waals surface area contributed by atoms with E-state index in [0.29, 0.717) is 11.3 Å². The molecule has 0 aromatic heterocycles. The van der Waals surface area contributed by atoms with E-state index in [0.717, 1.165) is 9.87 Å². The second-order valence-corrected chi connectivity index (χ2v) is 10.8. The van der Waals surface area contributed by atoms with Crippen LogP contribution in [0.15, 0.2) is 47.4 Å². The summed E-state index contributed by atoms with van der Waals surface area (Å²) in [4.78, 5) is 0.0708. The van der Waals surface area contributed by atoms with Gasteiger partial charge in [-0.05, 0) is 49.7 Å². The van der Waals surface area contributed by atoms with Gasteiger partial charge in [-0.2, -0.15) is 0 Å². The third-order valence-electron chi connectivity index (χ3n) is 4.61. The van der Waals surface area contributed by atoms with Crippen LogP contribution in [0.2, 0.25) is 0 Å². The van der Waals surface area contributed by atoms with Crippen molar-refractivity contribution < 1.29 is 21.9 Å². The Morgan fingerprint density at radius 3 is 2.22 bits per heavy atom. The first-order valence-corrected chi connectivity index (χ1v) is 11.6. The number of nitrogens with two attached hydrogens (primary N) is 1. The van der Waals surface area contributed by atoms with E-state index in [1.165, 1.54) is 30.3 Å². The molecule has 2 aromatic rings. The molecule has 1 saturated heterocycles.